The van der Waals surface area contributed by atoms with Crippen LogP contribution >= 0.6 is 0 Å². The molecule has 0 spiro atoms. The van der Waals surface area contributed by atoms with Gasteiger partial charge in [-0.1, -0.05) is 0 Å². The lowest BCUT2D eigenvalue weighted by Gasteiger charge is -2.25. The van der Waals surface area contributed by atoms with Gasteiger partial charge in [-0.2, -0.15) is 0 Å². The highest BCUT2D eigenvalue weighted by Gasteiger charge is 2.58. The normalized spacial score (nSPS) is 62.5. The molecule has 3 saturated carbocycles. The molecule has 0 aromatic heterocycles. The lowest BCUT2D eigenvalue weighted by molar-refractivity contribution is 0.0640. The number of rotatable bonds is 0. The molecule has 2 nitrogen and oxygen atoms in total. The maximum atomic E-state index is 9.84. The van der Waals surface area contributed by atoms with Gasteiger partial charge in [0.1, 0.15) is 0 Å². The third kappa shape index (κ3) is 0.686. The lowest BCUT2D eigenvalue weighted by Crippen LogP contribution is -2.25. The van der Waals surface area contributed by atoms with Crippen molar-refractivity contribution in [2.24, 2.45) is 23.7 Å². The fraction of sp³-hybridized carbons (Fsp3) is 1.00. The predicted molar refractivity (Wildman–Crippen MR) is 44.4 cm³/mol. The van der Waals surface area contributed by atoms with E-state index in [1.165, 1.54) is 6.42 Å². The van der Waals surface area contributed by atoms with Crippen LogP contribution in [0.3, 0.4) is 0 Å². The van der Waals surface area contributed by atoms with E-state index >= 15 is 0 Å². The van der Waals surface area contributed by atoms with E-state index in [0.29, 0.717) is 23.7 Å². The van der Waals surface area contributed by atoms with Gasteiger partial charge in [-0.05, 0) is 49.4 Å². The number of hydrogen-bond acceptors (Lipinski definition) is 2. The number of fused-ring (bicyclic) bond motifs is 5. The minimum atomic E-state index is -0.0973. The average molecular weight is 168 g/mol. The van der Waals surface area contributed by atoms with Gasteiger partial charge >= 0.3 is 0 Å². The average Bonchev–Trinajstić information content (AvgIpc) is 2.66. The zero-order valence-electron chi connectivity index (χ0n) is 7.19. The second-order valence-electron chi connectivity index (χ2n) is 4.78. The molecule has 0 aromatic carbocycles. The van der Waals surface area contributed by atoms with Gasteiger partial charge in [-0.15, -0.1) is 0 Å². The van der Waals surface area contributed by atoms with Crippen molar-refractivity contribution in [1.29, 1.82) is 0 Å². The van der Waals surface area contributed by atoms with Crippen LogP contribution in [0.15, 0.2) is 0 Å². The molecule has 0 aromatic rings. The van der Waals surface area contributed by atoms with Crippen molar-refractivity contribution in [3.8, 4) is 0 Å². The van der Waals surface area contributed by atoms with Gasteiger partial charge < -0.3 is 10.2 Å². The molecule has 0 saturated heterocycles. The van der Waals surface area contributed by atoms with Crippen LogP contribution in [0, 0.1) is 23.7 Å². The topological polar surface area (TPSA) is 40.5 Å². The summed E-state index contributed by atoms with van der Waals surface area (Å²) < 4.78 is 0. The van der Waals surface area contributed by atoms with Gasteiger partial charge in [0, 0.05) is 0 Å². The van der Waals surface area contributed by atoms with E-state index in [2.05, 4.69) is 0 Å². The maximum Gasteiger partial charge on any atom is 0.0603 e. The third-order valence-corrected chi connectivity index (χ3v) is 4.49. The maximum absolute atomic E-state index is 9.84. The van der Waals surface area contributed by atoms with Crippen molar-refractivity contribution in [3.63, 3.8) is 0 Å². The molecule has 12 heavy (non-hydrogen) atoms. The molecule has 0 radical (unpaired) electrons. The molecule has 68 valence electrons. The molecular formula is C10H16O2. The fourth-order valence-electron chi connectivity index (χ4n) is 4.07. The highest BCUT2D eigenvalue weighted by atomic mass is 16.3. The van der Waals surface area contributed by atoms with Gasteiger partial charge in [0.05, 0.1) is 12.2 Å². The minimum Gasteiger partial charge on any atom is -0.393 e. The molecule has 3 aliphatic rings. The molecule has 2 heteroatoms. The van der Waals surface area contributed by atoms with E-state index in [-0.39, 0.29) is 12.2 Å². The molecule has 3 rings (SSSR count). The Bertz CT molecular complexity index is 202. The van der Waals surface area contributed by atoms with E-state index < -0.39 is 0 Å². The SMILES string of the molecule is O[C@H]1[C@H]2CC[C@@H]1[C@@H]1CC[C@H](O)[C@H]21. The minimum absolute atomic E-state index is 0.0741. The predicted octanol–water partition coefficient (Wildman–Crippen LogP) is 0.774. The quantitative estimate of drug-likeness (QED) is 0.561. The summed E-state index contributed by atoms with van der Waals surface area (Å²) in [5.41, 5.74) is 0. The van der Waals surface area contributed by atoms with E-state index in [1.807, 2.05) is 0 Å². The largest absolute Gasteiger partial charge is 0.393 e. The van der Waals surface area contributed by atoms with Crippen LogP contribution in [0.25, 0.3) is 0 Å². The zero-order valence-corrected chi connectivity index (χ0v) is 7.19. The smallest absolute Gasteiger partial charge is 0.0603 e. The van der Waals surface area contributed by atoms with Crippen LogP contribution in [-0.4, -0.2) is 22.4 Å². The third-order valence-electron chi connectivity index (χ3n) is 4.49. The van der Waals surface area contributed by atoms with Crippen LogP contribution in [0.4, 0.5) is 0 Å². The van der Waals surface area contributed by atoms with Crippen LogP contribution in [0.1, 0.15) is 25.7 Å². The first-order valence-electron chi connectivity index (χ1n) is 5.15. The molecule has 0 heterocycles. The van der Waals surface area contributed by atoms with Crippen molar-refractivity contribution >= 4 is 0 Å². The molecule has 2 bridgehead atoms. The lowest BCUT2D eigenvalue weighted by atomic mass is 9.81. The van der Waals surface area contributed by atoms with E-state index in [1.54, 1.807) is 0 Å². The second kappa shape index (κ2) is 2.24. The van der Waals surface area contributed by atoms with Crippen molar-refractivity contribution in [2.45, 2.75) is 37.9 Å². The van der Waals surface area contributed by atoms with Gasteiger partial charge in [-0.3, -0.25) is 0 Å². The number of aliphatic hydroxyl groups excluding tert-OH is 2. The Balaban J connectivity index is 1.93. The Kier molecular flexibility index (Phi) is 1.37. The first kappa shape index (κ1) is 7.34. The molecular weight excluding hydrogens is 152 g/mol. The van der Waals surface area contributed by atoms with Gasteiger partial charge in [0.15, 0.2) is 0 Å². The fourth-order valence-corrected chi connectivity index (χ4v) is 4.07. The van der Waals surface area contributed by atoms with Crippen LogP contribution in [0.5, 0.6) is 0 Å². The standard InChI is InChI=1S/C10H16O2/c11-8-4-3-5-6-1-2-7(9(5)8)10(6)12/h5-12H,1-4H2/t5-,6+,7-,8-,9-,10+/m0/s1. The Hall–Kier alpha value is -0.0800. The number of hydrogen-bond donors (Lipinski definition) is 2. The summed E-state index contributed by atoms with van der Waals surface area (Å²) in [6.07, 6.45) is 4.33. The Morgan fingerprint density at radius 2 is 1.42 bits per heavy atom. The molecule has 3 fully saturated rings. The molecule has 3 aliphatic carbocycles. The first-order valence-corrected chi connectivity index (χ1v) is 5.15. The van der Waals surface area contributed by atoms with E-state index in [4.69, 9.17) is 0 Å². The van der Waals surface area contributed by atoms with Crippen molar-refractivity contribution in [1.82, 2.24) is 0 Å². The van der Waals surface area contributed by atoms with Crippen molar-refractivity contribution in [3.05, 3.63) is 0 Å². The Morgan fingerprint density at radius 3 is 2.17 bits per heavy atom. The van der Waals surface area contributed by atoms with Crippen molar-refractivity contribution < 1.29 is 10.2 Å². The summed E-state index contributed by atoms with van der Waals surface area (Å²) in [5, 5.41) is 19.6. The van der Waals surface area contributed by atoms with Crippen LogP contribution in [0.2, 0.25) is 0 Å². The van der Waals surface area contributed by atoms with Crippen LogP contribution in [-0.2, 0) is 0 Å². The molecule has 0 aliphatic heterocycles. The van der Waals surface area contributed by atoms with Crippen molar-refractivity contribution in [2.75, 3.05) is 0 Å². The van der Waals surface area contributed by atoms with Gasteiger partial charge in [0.2, 0.25) is 0 Å². The molecule has 2 N–H and O–H groups in total. The summed E-state index contributed by atoms with van der Waals surface area (Å²) >= 11 is 0. The molecule has 0 amide bonds. The number of aliphatic hydroxyl groups is 2. The Morgan fingerprint density at radius 1 is 0.750 bits per heavy atom. The Labute approximate surface area is 72.6 Å². The van der Waals surface area contributed by atoms with Gasteiger partial charge in [-0.25, -0.2) is 0 Å². The molecule has 6 atom stereocenters. The summed E-state index contributed by atoms with van der Waals surface area (Å²) in [5.74, 6) is 2.10. The zero-order chi connectivity index (χ0) is 8.29. The van der Waals surface area contributed by atoms with E-state index in [9.17, 15) is 10.2 Å². The highest BCUT2D eigenvalue weighted by molar-refractivity contribution is 5.07. The van der Waals surface area contributed by atoms with Crippen LogP contribution < -0.4 is 0 Å². The van der Waals surface area contributed by atoms with Gasteiger partial charge in [0.25, 0.3) is 0 Å². The second-order valence-corrected chi connectivity index (χ2v) is 4.78. The summed E-state index contributed by atoms with van der Waals surface area (Å²) in [6, 6.07) is 0. The highest BCUT2D eigenvalue weighted by Crippen LogP contribution is 2.58. The summed E-state index contributed by atoms with van der Waals surface area (Å²) in [7, 11) is 0. The first-order chi connectivity index (χ1) is 5.79. The molecule has 0 unspecified atom stereocenters. The summed E-state index contributed by atoms with van der Waals surface area (Å²) in [6.45, 7) is 0. The van der Waals surface area contributed by atoms with E-state index in [0.717, 1.165) is 19.3 Å². The summed E-state index contributed by atoms with van der Waals surface area (Å²) in [4.78, 5) is 0. The monoisotopic (exact) mass is 168 g/mol.